The number of nitrogens with zero attached hydrogens (tertiary/aromatic N) is 1. The van der Waals surface area contributed by atoms with Gasteiger partial charge in [-0.15, -0.1) is 5.54 Å². The van der Waals surface area contributed by atoms with Gasteiger partial charge < -0.3 is 4.74 Å². The second-order valence-corrected chi connectivity index (χ2v) is 14.4. The number of rotatable bonds is 5. The molecule has 0 atom stereocenters. The summed E-state index contributed by atoms with van der Waals surface area (Å²) in [5.74, 6) is 4.32. The molecule has 0 saturated heterocycles. The Morgan fingerprint density at radius 1 is 0.964 bits per heavy atom. The van der Waals surface area contributed by atoms with Crippen LogP contribution in [0, 0.1) is 18.4 Å². The molecule has 4 heteroatoms. The van der Waals surface area contributed by atoms with Crippen molar-refractivity contribution in [1.29, 1.82) is 0 Å². The molecule has 1 aromatic carbocycles. The lowest BCUT2D eigenvalue weighted by atomic mass is 10.0. The van der Waals surface area contributed by atoms with Crippen LogP contribution in [0.25, 0.3) is 11.3 Å². The van der Waals surface area contributed by atoms with Crippen molar-refractivity contribution in [2.24, 2.45) is 0 Å². The standard InChI is InChI=1S/C24H32ClNOSi/c1-16(2)28(17(3)4,18(5)6)12-11-20-14-23(26-24(25)15-20)22-10-9-21(27-8)13-19(22)7/h9-10,13-18H,1-8H3. The van der Waals surface area contributed by atoms with Crippen molar-refractivity contribution in [3.8, 4) is 28.5 Å². The molecule has 0 unspecified atom stereocenters. The largest absolute Gasteiger partial charge is 0.497 e. The maximum atomic E-state index is 6.36. The zero-order valence-electron chi connectivity index (χ0n) is 18.4. The Labute approximate surface area is 176 Å². The molecule has 0 spiro atoms. The highest BCUT2D eigenvalue weighted by molar-refractivity contribution is 6.90. The molecule has 0 amide bonds. The molecule has 2 aromatic rings. The van der Waals surface area contributed by atoms with Gasteiger partial charge in [0.15, 0.2) is 0 Å². The molecule has 0 saturated carbocycles. The van der Waals surface area contributed by atoms with Crippen molar-refractivity contribution in [2.75, 3.05) is 7.11 Å². The van der Waals surface area contributed by atoms with Gasteiger partial charge in [-0.05, 0) is 59.4 Å². The van der Waals surface area contributed by atoms with E-state index in [4.69, 9.17) is 16.3 Å². The summed E-state index contributed by atoms with van der Waals surface area (Å²) >= 11 is 6.36. The Hall–Kier alpha value is -1.76. The van der Waals surface area contributed by atoms with Crippen LogP contribution in [0.5, 0.6) is 5.75 Å². The fourth-order valence-corrected chi connectivity index (χ4v) is 9.81. The smallest absolute Gasteiger partial charge is 0.146 e. The number of hydrogen-bond donors (Lipinski definition) is 0. The Kier molecular flexibility index (Phi) is 7.37. The number of hydrogen-bond acceptors (Lipinski definition) is 2. The normalized spacial score (nSPS) is 11.7. The minimum atomic E-state index is -1.79. The second kappa shape index (κ2) is 9.16. The van der Waals surface area contributed by atoms with Crippen molar-refractivity contribution in [3.63, 3.8) is 0 Å². The molecule has 0 fully saturated rings. The molecule has 0 radical (unpaired) electrons. The quantitative estimate of drug-likeness (QED) is 0.291. The molecular formula is C24H32ClNOSi. The molecule has 2 rings (SSSR count). The molecule has 0 aliphatic heterocycles. The third-order valence-corrected chi connectivity index (χ3v) is 12.3. The van der Waals surface area contributed by atoms with Crippen LogP contribution < -0.4 is 4.74 Å². The summed E-state index contributed by atoms with van der Waals surface area (Å²) in [6.45, 7) is 16.0. The van der Waals surface area contributed by atoms with Crippen LogP contribution in [0.3, 0.4) is 0 Å². The zero-order valence-corrected chi connectivity index (χ0v) is 20.1. The van der Waals surface area contributed by atoms with Crippen LogP contribution in [-0.2, 0) is 0 Å². The fourth-order valence-electron chi connectivity index (χ4n) is 4.37. The number of methoxy groups -OCH3 is 1. The average Bonchev–Trinajstić information content (AvgIpc) is 2.60. The lowest BCUT2D eigenvalue weighted by molar-refractivity contribution is 0.414. The topological polar surface area (TPSA) is 22.1 Å². The molecule has 28 heavy (non-hydrogen) atoms. The average molecular weight is 414 g/mol. The van der Waals surface area contributed by atoms with E-state index in [0.29, 0.717) is 21.8 Å². The van der Waals surface area contributed by atoms with Crippen LogP contribution in [-0.4, -0.2) is 20.2 Å². The van der Waals surface area contributed by atoms with Gasteiger partial charge in [0.2, 0.25) is 0 Å². The Morgan fingerprint density at radius 2 is 1.57 bits per heavy atom. The van der Waals surface area contributed by atoms with E-state index in [1.807, 2.05) is 30.3 Å². The minimum Gasteiger partial charge on any atom is -0.497 e. The Bertz CT molecular complexity index is 871. The number of halogens is 1. The van der Waals surface area contributed by atoms with Crippen molar-refractivity contribution in [3.05, 3.63) is 46.6 Å². The number of aryl methyl sites for hydroxylation is 1. The summed E-state index contributed by atoms with van der Waals surface area (Å²) in [5, 5.41) is 0.475. The molecule has 2 nitrogen and oxygen atoms in total. The van der Waals surface area contributed by atoms with Gasteiger partial charge in [-0.2, -0.15) is 0 Å². The zero-order chi connectivity index (χ0) is 21.1. The highest BCUT2D eigenvalue weighted by atomic mass is 35.5. The summed E-state index contributed by atoms with van der Waals surface area (Å²) in [7, 11) is -0.114. The summed E-state index contributed by atoms with van der Waals surface area (Å²) in [6, 6.07) is 9.91. The second-order valence-electron chi connectivity index (χ2n) is 8.39. The SMILES string of the molecule is COc1ccc(-c2cc(C#C[Si](C(C)C)(C(C)C)C(C)C)cc(Cl)n2)c(C)c1. The van der Waals surface area contributed by atoms with E-state index in [-0.39, 0.29) is 0 Å². The Balaban J connectivity index is 2.54. The van der Waals surface area contributed by atoms with Crippen molar-refractivity contribution in [2.45, 2.75) is 65.1 Å². The molecule has 1 heterocycles. The van der Waals surface area contributed by atoms with Crippen LogP contribution in [0.2, 0.25) is 21.8 Å². The number of ether oxygens (including phenoxy) is 1. The van der Waals surface area contributed by atoms with Crippen LogP contribution in [0.1, 0.15) is 52.7 Å². The molecule has 1 aromatic heterocycles. The van der Waals surface area contributed by atoms with Crippen molar-refractivity contribution >= 4 is 19.7 Å². The first kappa shape index (κ1) is 22.5. The maximum absolute atomic E-state index is 6.36. The molecule has 150 valence electrons. The van der Waals surface area contributed by atoms with Gasteiger partial charge in [0.05, 0.1) is 12.8 Å². The van der Waals surface area contributed by atoms with Crippen LogP contribution in [0.4, 0.5) is 0 Å². The summed E-state index contributed by atoms with van der Waals surface area (Å²) < 4.78 is 5.31. The van der Waals surface area contributed by atoms with Gasteiger partial charge in [0.1, 0.15) is 19.0 Å². The summed E-state index contributed by atoms with van der Waals surface area (Å²) in [6.07, 6.45) is 0. The predicted molar refractivity (Wildman–Crippen MR) is 124 cm³/mol. The minimum absolute atomic E-state index is 0.475. The van der Waals surface area contributed by atoms with Gasteiger partial charge in [0, 0.05) is 11.1 Å². The van der Waals surface area contributed by atoms with Crippen molar-refractivity contribution in [1.82, 2.24) is 4.98 Å². The van der Waals surface area contributed by atoms with Gasteiger partial charge in [-0.3, -0.25) is 0 Å². The molecule has 0 aliphatic rings. The summed E-state index contributed by atoms with van der Waals surface area (Å²) in [4.78, 5) is 4.54. The first-order valence-electron chi connectivity index (χ1n) is 9.97. The van der Waals surface area contributed by atoms with E-state index in [9.17, 15) is 0 Å². The first-order chi connectivity index (χ1) is 13.1. The maximum Gasteiger partial charge on any atom is 0.146 e. The number of benzene rings is 1. The van der Waals surface area contributed by atoms with Crippen molar-refractivity contribution < 1.29 is 4.74 Å². The van der Waals surface area contributed by atoms with Gasteiger partial charge in [-0.1, -0.05) is 59.1 Å². The van der Waals surface area contributed by atoms with Gasteiger partial charge in [-0.25, -0.2) is 4.98 Å². The van der Waals surface area contributed by atoms with Crippen LogP contribution in [0.15, 0.2) is 30.3 Å². The van der Waals surface area contributed by atoms with E-state index in [2.05, 4.69) is 64.9 Å². The molecule has 0 N–H and O–H groups in total. The van der Waals surface area contributed by atoms with E-state index in [1.54, 1.807) is 7.11 Å². The Morgan fingerprint density at radius 3 is 2.07 bits per heavy atom. The van der Waals surface area contributed by atoms with E-state index < -0.39 is 8.07 Å². The predicted octanol–water partition coefficient (Wildman–Crippen LogP) is 7.29. The lowest BCUT2D eigenvalue weighted by Gasteiger charge is -2.38. The number of pyridine rings is 1. The lowest BCUT2D eigenvalue weighted by Crippen LogP contribution is -2.43. The third kappa shape index (κ3) is 4.62. The first-order valence-corrected chi connectivity index (χ1v) is 12.6. The highest BCUT2D eigenvalue weighted by Crippen LogP contribution is 2.40. The van der Waals surface area contributed by atoms with Crippen LogP contribution >= 0.6 is 11.6 Å². The summed E-state index contributed by atoms with van der Waals surface area (Å²) in [5.41, 5.74) is 9.49. The third-order valence-electron chi connectivity index (χ3n) is 5.79. The van der Waals surface area contributed by atoms with Gasteiger partial charge >= 0.3 is 0 Å². The van der Waals surface area contributed by atoms with E-state index >= 15 is 0 Å². The van der Waals surface area contributed by atoms with E-state index in [0.717, 1.165) is 28.1 Å². The molecular weight excluding hydrogens is 382 g/mol. The van der Waals surface area contributed by atoms with E-state index in [1.165, 1.54) is 0 Å². The molecule has 0 bridgehead atoms. The monoisotopic (exact) mass is 413 g/mol. The fraction of sp³-hybridized carbons (Fsp3) is 0.458. The number of aromatic nitrogens is 1. The highest BCUT2D eigenvalue weighted by Gasteiger charge is 2.41. The molecule has 0 aliphatic carbocycles. The van der Waals surface area contributed by atoms with Gasteiger partial charge in [0.25, 0.3) is 0 Å².